The highest BCUT2D eigenvalue weighted by Crippen LogP contribution is 2.29. The van der Waals surface area contributed by atoms with Crippen molar-refractivity contribution in [2.45, 2.75) is 20.1 Å². The molecule has 2 rings (SSSR count). The topological polar surface area (TPSA) is 91.3 Å². The zero-order valence-electron chi connectivity index (χ0n) is 11.4. The lowest BCUT2D eigenvalue weighted by atomic mass is 10.2. The summed E-state index contributed by atoms with van der Waals surface area (Å²) in [5.74, 6) is 0.585. The largest absolute Gasteiger partial charge is 0.487 e. The molecular weight excluding hydrogens is 338 g/mol. The number of hydrogen-bond donors (Lipinski definition) is 1. The molecule has 6 nitrogen and oxygen atoms in total. The SMILES string of the molecule is Cc1ccc(OCc2cccc([N+](=O)[O-])c2Br)c(CN)n1. The molecule has 0 saturated carbocycles. The maximum atomic E-state index is 10.9. The monoisotopic (exact) mass is 351 g/mol. The normalized spacial score (nSPS) is 10.4. The van der Waals surface area contributed by atoms with Gasteiger partial charge in [-0.15, -0.1) is 0 Å². The zero-order chi connectivity index (χ0) is 15.4. The molecule has 0 saturated heterocycles. The fourth-order valence-corrected chi connectivity index (χ4v) is 2.37. The van der Waals surface area contributed by atoms with Gasteiger partial charge in [-0.2, -0.15) is 0 Å². The van der Waals surface area contributed by atoms with E-state index in [9.17, 15) is 10.1 Å². The molecule has 0 unspecified atom stereocenters. The van der Waals surface area contributed by atoms with Crippen LogP contribution in [0.1, 0.15) is 17.0 Å². The van der Waals surface area contributed by atoms with E-state index in [4.69, 9.17) is 10.5 Å². The van der Waals surface area contributed by atoms with Crippen LogP contribution >= 0.6 is 15.9 Å². The first-order chi connectivity index (χ1) is 10.0. The van der Waals surface area contributed by atoms with Crippen LogP contribution in [0.5, 0.6) is 5.75 Å². The summed E-state index contributed by atoms with van der Waals surface area (Å²) in [6, 6.07) is 8.46. The number of halogens is 1. The van der Waals surface area contributed by atoms with Crippen molar-refractivity contribution in [1.82, 2.24) is 4.98 Å². The summed E-state index contributed by atoms with van der Waals surface area (Å²) in [5, 5.41) is 10.9. The second kappa shape index (κ2) is 6.64. The van der Waals surface area contributed by atoms with E-state index >= 15 is 0 Å². The lowest BCUT2D eigenvalue weighted by Crippen LogP contribution is -2.06. The molecule has 0 aliphatic carbocycles. The Balaban J connectivity index is 2.21. The second-order valence-corrected chi connectivity index (χ2v) is 5.19. The molecule has 21 heavy (non-hydrogen) atoms. The summed E-state index contributed by atoms with van der Waals surface area (Å²) in [5.41, 5.74) is 7.86. The van der Waals surface area contributed by atoms with Gasteiger partial charge in [0, 0.05) is 23.9 Å². The highest BCUT2D eigenvalue weighted by Gasteiger charge is 2.15. The van der Waals surface area contributed by atoms with Gasteiger partial charge in [-0.05, 0) is 35.0 Å². The Bertz CT molecular complexity index is 677. The fourth-order valence-electron chi connectivity index (χ4n) is 1.85. The van der Waals surface area contributed by atoms with E-state index in [2.05, 4.69) is 20.9 Å². The predicted octanol–water partition coefficient (Wildman–Crippen LogP) is 3.10. The first-order valence-electron chi connectivity index (χ1n) is 6.24. The third-order valence-electron chi connectivity index (χ3n) is 2.90. The van der Waals surface area contributed by atoms with Gasteiger partial charge in [0.1, 0.15) is 16.8 Å². The number of nitro groups is 1. The first kappa shape index (κ1) is 15.4. The van der Waals surface area contributed by atoms with E-state index in [-0.39, 0.29) is 18.8 Å². The number of aryl methyl sites for hydroxylation is 1. The van der Waals surface area contributed by atoms with Crippen LogP contribution in [0.2, 0.25) is 0 Å². The third-order valence-corrected chi connectivity index (χ3v) is 3.82. The van der Waals surface area contributed by atoms with Gasteiger partial charge in [0.05, 0.1) is 10.6 Å². The number of aromatic nitrogens is 1. The maximum absolute atomic E-state index is 10.9. The Hall–Kier alpha value is -1.99. The number of nitrogens with zero attached hydrogens (tertiary/aromatic N) is 2. The molecule has 0 amide bonds. The lowest BCUT2D eigenvalue weighted by molar-refractivity contribution is -0.385. The Kier molecular flexibility index (Phi) is 4.87. The van der Waals surface area contributed by atoms with Crippen molar-refractivity contribution in [2.24, 2.45) is 5.73 Å². The Morgan fingerprint density at radius 3 is 2.81 bits per heavy atom. The molecule has 2 aromatic rings. The fraction of sp³-hybridized carbons (Fsp3) is 0.214. The van der Waals surface area contributed by atoms with Crippen LogP contribution < -0.4 is 10.5 Å². The number of nitro benzene ring substituents is 1. The minimum Gasteiger partial charge on any atom is -0.487 e. The number of hydrogen-bond acceptors (Lipinski definition) is 5. The van der Waals surface area contributed by atoms with E-state index in [1.165, 1.54) is 6.07 Å². The summed E-state index contributed by atoms with van der Waals surface area (Å²) in [4.78, 5) is 14.8. The van der Waals surface area contributed by atoms with Crippen molar-refractivity contribution in [2.75, 3.05) is 0 Å². The van der Waals surface area contributed by atoms with Crippen molar-refractivity contribution in [3.63, 3.8) is 0 Å². The summed E-state index contributed by atoms with van der Waals surface area (Å²) in [7, 11) is 0. The van der Waals surface area contributed by atoms with Gasteiger partial charge in [-0.1, -0.05) is 12.1 Å². The van der Waals surface area contributed by atoms with Crippen LogP contribution in [-0.2, 0) is 13.2 Å². The minimum absolute atomic E-state index is 0.0113. The smallest absolute Gasteiger partial charge is 0.283 e. The van der Waals surface area contributed by atoms with E-state index in [0.717, 1.165) is 5.69 Å². The molecule has 0 fully saturated rings. The molecule has 0 aliphatic heterocycles. The maximum Gasteiger partial charge on any atom is 0.283 e. The van der Waals surface area contributed by atoms with Crippen LogP contribution in [0.3, 0.4) is 0 Å². The molecule has 2 N–H and O–H groups in total. The molecule has 0 atom stereocenters. The standard InChI is InChI=1S/C14H14BrN3O3/c1-9-5-6-13(11(7-16)17-9)21-8-10-3-2-4-12(14(10)15)18(19)20/h2-6H,7-8,16H2,1H3. The van der Waals surface area contributed by atoms with Crippen molar-refractivity contribution >= 4 is 21.6 Å². The molecular formula is C14H14BrN3O3. The highest BCUT2D eigenvalue weighted by atomic mass is 79.9. The van der Waals surface area contributed by atoms with Gasteiger partial charge in [0.15, 0.2) is 0 Å². The van der Waals surface area contributed by atoms with Crippen molar-refractivity contribution in [3.8, 4) is 5.75 Å². The van der Waals surface area contributed by atoms with E-state index in [0.29, 0.717) is 21.5 Å². The molecule has 1 aromatic heterocycles. The van der Waals surface area contributed by atoms with E-state index < -0.39 is 4.92 Å². The minimum atomic E-state index is -0.438. The van der Waals surface area contributed by atoms with Crippen molar-refractivity contribution in [1.29, 1.82) is 0 Å². The van der Waals surface area contributed by atoms with E-state index in [1.54, 1.807) is 18.2 Å². The van der Waals surface area contributed by atoms with Crippen molar-refractivity contribution < 1.29 is 9.66 Å². The van der Waals surface area contributed by atoms with E-state index in [1.807, 2.05) is 13.0 Å². The van der Waals surface area contributed by atoms with Gasteiger partial charge in [0.2, 0.25) is 0 Å². The quantitative estimate of drug-likeness (QED) is 0.660. The van der Waals surface area contributed by atoms with Gasteiger partial charge in [-0.3, -0.25) is 15.1 Å². The summed E-state index contributed by atoms with van der Waals surface area (Å²) in [6.45, 7) is 2.34. The Morgan fingerprint density at radius 2 is 2.14 bits per heavy atom. The molecule has 0 radical (unpaired) electrons. The number of rotatable bonds is 5. The van der Waals surface area contributed by atoms with Gasteiger partial charge < -0.3 is 10.5 Å². The molecule has 110 valence electrons. The lowest BCUT2D eigenvalue weighted by Gasteiger charge is -2.11. The van der Waals surface area contributed by atoms with Gasteiger partial charge in [0.25, 0.3) is 5.69 Å². The first-order valence-corrected chi connectivity index (χ1v) is 7.03. The van der Waals surface area contributed by atoms with Crippen LogP contribution in [0.25, 0.3) is 0 Å². The van der Waals surface area contributed by atoms with Crippen LogP contribution in [0, 0.1) is 17.0 Å². The predicted molar refractivity (Wildman–Crippen MR) is 82.0 cm³/mol. The van der Waals surface area contributed by atoms with Crippen LogP contribution in [-0.4, -0.2) is 9.91 Å². The van der Waals surface area contributed by atoms with Crippen LogP contribution in [0.15, 0.2) is 34.8 Å². The van der Waals surface area contributed by atoms with Crippen LogP contribution in [0.4, 0.5) is 5.69 Å². The number of nitrogens with two attached hydrogens (primary N) is 1. The average Bonchev–Trinajstić information content (AvgIpc) is 2.46. The molecule has 0 aliphatic rings. The molecule has 1 aromatic carbocycles. The average molecular weight is 352 g/mol. The van der Waals surface area contributed by atoms with Crippen molar-refractivity contribution in [3.05, 3.63) is 61.9 Å². The number of pyridine rings is 1. The summed E-state index contributed by atoms with van der Waals surface area (Å²) >= 11 is 3.24. The Labute approximate surface area is 130 Å². The third kappa shape index (κ3) is 3.56. The summed E-state index contributed by atoms with van der Waals surface area (Å²) < 4.78 is 6.11. The highest BCUT2D eigenvalue weighted by molar-refractivity contribution is 9.10. The molecule has 1 heterocycles. The molecule has 7 heteroatoms. The number of benzene rings is 1. The Morgan fingerprint density at radius 1 is 1.38 bits per heavy atom. The zero-order valence-corrected chi connectivity index (χ0v) is 13.0. The molecule has 0 bridgehead atoms. The second-order valence-electron chi connectivity index (χ2n) is 4.40. The summed E-state index contributed by atoms with van der Waals surface area (Å²) in [6.07, 6.45) is 0. The number of ether oxygens (including phenoxy) is 1. The van der Waals surface area contributed by atoms with Gasteiger partial charge >= 0.3 is 0 Å². The van der Waals surface area contributed by atoms with Gasteiger partial charge in [-0.25, -0.2) is 0 Å². The molecule has 0 spiro atoms.